The molecule has 0 aromatic carbocycles. The van der Waals surface area contributed by atoms with Crippen molar-refractivity contribution in [1.29, 1.82) is 0 Å². The Labute approximate surface area is 205 Å². The van der Waals surface area contributed by atoms with Crippen LogP contribution in [0.1, 0.15) is 101 Å². The lowest BCUT2D eigenvalue weighted by molar-refractivity contribution is 0.0592. The van der Waals surface area contributed by atoms with Crippen LogP contribution >= 0.6 is 0 Å². The fraction of sp³-hybridized carbons (Fsp3) is 1.00. The molecule has 0 aliphatic heterocycles. The summed E-state index contributed by atoms with van der Waals surface area (Å²) in [7, 11) is -0.590. The quantitative estimate of drug-likeness (QED) is 0.201. The summed E-state index contributed by atoms with van der Waals surface area (Å²) in [5.74, 6) is 0. The first-order chi connectivity index (χ1) is 15.2. The van der Waals surface area contributed by atoms with E-state index in [1.165, 1.54) is 103 Å². The summed E-state index contributed by atoms with van der Waals surface area (Å²) >= 11 is 0. The SMILES string of the molecule is CCCN(CCC)CC(C[SiH2]OC(C)(C)C)(CN(CCC)CCC)CN(CCC)CCC. The van der Waals surface area contributed by atoms with E-state index < -0.39 is 9.76 Å². The standard InChI is InChI=1S/C27H61N3OSi/c1-10-16-28(17-11-2)22-27(25-32-31-26(7,8)9,23-29(18-12-3)19-13-4)24-30(20-14-5)21-15-6/h10-25,32H2,1-9H3. The van der Waals surface area contributed by atoms with Crippen molar-refractivity contribution in [2.75, 3.05) is 58.9 Å². The molecule has 0 aromatic heterocycles. The molecule has 5 heteroatoms. The van der Waals surface area contributed by atoms with Gasteiger partial charge in [0.05, 0.1) is 0 Å². The van der Waals surface area contributed by atoms with Crippen LogP contribution in [0.4, 0.5) is 0 Å². The zero-order chi connectivity index (χ0) is 24.5. The highest BCUT2D eigenvalue weighted by Crippen LogP contribution is 2.29. The fourth-order valence-corrected chi connectivity index (χ4v) is 6.71. The Morgan fingerprint density at radius 3 is 1.03 bits per heavy atom. The fourth-order valence-electron chi connectivity index (χ4n) is 5.09. The lowest BCUT2D eigenvalue weighted by Gasteiger charge is -2.45. The van der Waals surface area contributed by atoms with E-state index in [1.807, 2.05) is 0 Å². The second-order valence-electron chi connectivity index (χ2n) is 11.0. The molecule has 0 saturated heterocycles. The molecule has 0 radical (unpaired) electrons. The zero-order valence-corrected chi connectivity index (χ0v) is 25.2. The van der Waals surface area contributed by atoms with E-state index in [9.17, 15) is 0 Å². The number of nitrogens with zero attached hydrogens (tertiary/aromatic N) is 3. The molecule has 0 aromatic rings. The Kier molecular flexibility index (Phi) is 18.4. The van der Waals surface area contributed by atoms with E-state index in [1.54, 1.807) is 0 Å². The van der Waals surface area contributed by atoms with Gasteiger partial charge in [-0.2, -0.15) is 0 Å². The van der Waals surface area contributed by atoms with E-state index in [0.29, 0.717) is 5.41 Å². The Morgan fingerprint density at radius 2 is 0.812 bits per heavy atom. The third-order valence-electron chi connectivity index (χ3n) is 6.08. The van der Waals surface area contributed by atoms with E-state index in [4.69, 9.17) is 4.43 Å². The van der Waals surface area contributed by atoms with Gasteiger partial charge in [-0.1, -0.05) is 41.5 Å². The number of rotatable bonds is 21. The lowest BCUT2D eigenvalue weighted by atomic mass is 9.87. The molecule has 194 valence electrons. The van der Waals surface area contributed by atoms with Crippen molar-refractivity contribution in [2.24, 2.45) is 5.41 Å². The predicted octanol–water partition coefficient (Wildman–Crippen LogP) is 5.66. The van der Waals surface area contributed by atoms with Gasteiger partial charge in [-0.15, -0.1) is 0 Å². The summed E-state index contributed by atoms with van der Waals surface area (Å²) in [5, 5.41) is 0. The van der Waals surface area contributed by atoms with Gasteiger partial charge in [0.25, 0.3) is 0 Å². The molecule has 0 bridgehead atoms. The van der Waals surface area contributed by atoms with Gasteiger partial charge in [0.2, 0.25) is 0 Å². The van der Waals surface area contributed by atoms with E-state index >= 15 is 0 Å². The second kappa shape index (κ2) is 18.4. The van der Waals surface area contributed by atoms with Crippen LogP contribution in [-0.2, 0) is 4.43 Å². The molecule has 4 nitrogen and oxygen atoms in total. The van der Waals surface area contributed by atoms with Crippen LogP contribution < -0.4 is 0 Å². The van der Waals surface area contributed by atoms with Crippen LogP contribution in [0, 0.1) is 5.41 Å². The molecule has 0 fully saturated rings. The topological polar surface area (TPSA) is 19.0 Å². The highest BCUT2D eigenvalue weighted by atomic mass is 28.2. The molecule has 0 amide bonds. The summed E-state index contributed by atoms with van der Waals surface area (Å²) in [6.45, 7) is 31.7. The molecule has 0 heterocycles. The molecular formula is C27H61N3OSi. The van der Waals surface area contributed by atoms with Gasteiger partial charge < -0.3 is 19.1 Å². The minimum absolute atomic E-state index is 0.0104. The average Bonchev–Trinajstić information content (AvgIpc) is 2.68. The number of hydrogen-bond acceptors (Lipinski definition) is 4. The van der Waals surface area contributed by atoms with Gasteiger partial charge in [0.15, 0.2) is 9.76 Å². The minimum atomic E-state index is -0.590. The smallest absolute Gasteiger partial charge is 0.162 e. The van der Waals surface area contributed by atoms with Crippen LogP contribution in [0.25, 0.3) is 0 Å². The highest BCUT2D eigenvalue weighted by Gasteiger charge is 2.36. The van der Waals surface area contributed by atoms with Gasteiger partial charge in [-0.3, -0.25) is 0 Å². The third-order valence-corrected chi connectivity index (χ3v) is 8.42. The van der Waals surface area contributed by atoms with Gasteiger partial charge in [-0.25, -0.2) is 0 Å². The Morgan fingerprint density at radius 1 is 0.531 bits per heavy atom. The first kappa shape index (κ1) is 32.1. The van der Waals surface area contributed by atoms with Gasteiger partial charge in [-0.05, 0) is 105 Å². The molecule has 0 spiro atoms. The minimum Gasteiger partial charge on any atom is -0.419 e. The maximum atomic E-state index is 6.47. The third kappa shape index (κ3) is 15.1. The summed E-state index contributed by atoms with van der Waals surface area (Å²) in [4.78, 5) is 8.33. The van der Waals surface area contributed by atoms with E-state index in [0.717, 1.165) is 0 Å². The van der Waals surface area contributed by atoms with Crippen molar-refractivity contribution in [2.45, 2.75) is 112 Å². The van der Waals surface area contributed by atoms with Gasteiger partial charge in [0, 0.05) is 30.7 Å². The number of hydrogen-bond donors (Lipinski definition) is 0. The first-order valence-electron chi connectivity index (χ1n) is 14.0. The Bertz CT molecular complexity index is 364. The Balaban J connectivity index is 6.01. The van der Waals surface area contributed by atoms with Crippen molar-refractivity contribution in [3.05, 3.63) is 0 Å². The molecule has 0 aliphatic carbocycles. The molecule has 0 rings (SSSR count). The van der Waals surface area contributed by atoms with Crippen LogP contribution in [-0.4, -0.2) is 89.0 Å². The Hall–Kier alpha value is 0.0569. The predicted molar refractivity (Wildman–Crippen MR) is 148 cm³/mol. The maximum Gasteiger partial charge on any atom is 0.162 e. The van der Waals surface area contributed by atoms with Crippen LogP contribution in [0.15, 0.2) is 0 Å². The van der Waals surface area contributed by atoms with E-state index in [2.05, 4.69) is 77.0 Å². The van der Waals surface area contributed by atoms with Crippen LogP contribution in [0.3, 0.4) is 0 Å². The maximum absolute atomic E-state index is 6.47. The summed E-state index contributed by atoms with van der Waals surface area (Å²) in [6.07, 6.45) is 7.46. The van der Waals surface area contributed by atoms with Gasteiger partial charge >= 0.3 is 0 Å². The van der Waals surface area contributed by atoms with Crippen molar-refractivity contribution >= 4 is 9.76 Å². The lowest BCUT2D eigenvalue weighted by Crippen LogP contribution is -2.53. The van der Waals surface area contributed by atoms with Crippen molar-refractivity contribution in [1.82, 2.24) is 14.7 Å². The molecule has 0 unspecified atom stereocenters. The monoisotopic (exact) mass is 471 g/mol. The van der Waals surface area contributed by atoms with Crippen molar-refractivity contribution in [3.63, 3.8) is 0 Å². The summed E-state index contributed by atoms with van der Waals surface area (Å²) < 4.78 is 6.47. The zero-order valence-electron chi connectivity index (χ0n) is 23.8. The molecular weight excluding hydrogens is 410 g/mol. The molecule has 0 N–H and O–H groups in total. The largest absolute Gasteiger partial charge is 0.419 e. The van der Waals surface area contributed by atoms with E-state index in [-0.39, 0.29) is 5.60 Å². The van der Waals surface area contributed by atoms with Crippen LogP contribution in [0.2, 0.25) is 6.04 Å². The first-order valence-corrected chi connectivity index (χ1v) is 15.6. The summed E-state index contributed by atoms with van der Waals surface area (Å²) in [6, 6.07) is 1.28. The van der Waals surface area contributed by atoms with Crippen LogP contribution in [0.5, 0.6) is 0 Å². The van der Waals surface area contributed by atoms with Crippen molar-refractivity contribution < 1.29 is 4.43 Å². The van der Waals surface area contributed by atoms with Crippen molar-refractivity contribution in [3.8, 4) is 0 Å². The molecule has 32 heavy (non-hydrogen) atoms. The summed E-state index contributed by atoms with van der Waals surface area (Å²) in [5.41, 5.74) is 0.292. The second-order valence-corrected chi connectivity index (χ2v) is 12.2. The average molecular weight is 472 g/mol. The molecule has 0 saturated carbocycles. The molecule has 0 atom stereocenters. The molecule has 0 aliphatic rings. The highest BCUT2D eigenvalue weighted by molar-refractivity contribution is 6.27. The van der Waals surface area contributed by atoms with Gasteiger partial charge in [0.1, 0.15) is 0 Å². The normalized spacial score (nSPS) is 13.5.